The Bertz CT molecular complexity index is 848. The third kappa shape index (κ3) is 3.39. The molecule has 7 heteroatoms. The van der Waals surface area contributed by atoms with Gasteiger partial charge in [-0.1, -0.05) is 41.9 Å². The number of carbonyl (C=O) groups is 1. The van der Waals surface area contributed by atoms with Crippen molar-refractivity contribution in [3.05, 3.63) is 57.5 Å². The van der Waals surface area contributed by atoms with E-state index in [1.54, 1.807) is 6.20 Å². The highest BCUT2D eigenvalue weighted by Gasteiger charge is 2.39. The Morgan fingerprint density at radius 2 is 1.96 bits per heavy atom. The fourth-order valence-corrected chi connectivity index (χ4v) is 3.42. The first-order valence-corrected chi connectivity index (χ1v) is 8.85. The Kier molecular flexibility index (Phi) is 4.21. The fraction of sp³-hybridized carbons (Fsp3) is 0.389. The SMILES string of the molecule is O=C1CC(Nc2cnn(Cc3ccccc3)c(=O)c2Cl)CN1C1CC1. The third-order valence-electron chi connectivity index (χ3n) is 4.67. The molecule has 1 aliphatic heterocycles. The molecule has 1 unspecified atom stereocenters. The number of carbonyl (C=O) groups excluding carboxylic acids is 1. The highest BCUT2D eigenvalue weighted by atomic mass is 35.5. The van der Waals surface area contributed by atoms with Gasteiger partial charge in [-0.3, -0.25) is 9.59 Å². The Morgan fingerprint density at radius 3 is 2.68 bits per heavy atom. The number of rotatable bonds is 5. The number of benzene rings is 1. The summed E-state index contributed by atoms with van der Waals surface area (Å²) in [7, 11) is 0. The summed E-state index contributed by atoms with van der Waals surface area (Å²) in [5.74, 6) is 0.168. The average molecular weight is 359 g/mol. The Balaban J connectivity index is 1.49. The van der Waals surface area contributed by atoms with Gasteiger partial charge in [0.2, 0.25) is 5.91 Å². The first-order chi connectivity index (χ1) is 12.1. The number of likely N-dealkylation sites (tertiary alicyclic amines) is 1. The van der Waals surface area contributed by atoms with E-state index in [1.807, 2.05) is 35.2 Å². The molecule has 25 heavy (non-hydrogen) atoms. The number of aromatic nitrogens is 2. The summed E-state index contributed by atoms with van der Waals surface area (Å²) in [4.78, 5) is 26.4. The largest absolute Gasteiger partial charge is 0.377 e. The van der Waals surface area contributed by atoms with E-state index in [4.69, 9.17) is 11.6 Å². The van der Waals surface area contributed by atoms with Crippen LogP contribution >= 0.6 is 11.6 Å². The van der Waals surface area contributed by atoms with Gasteiger partial charge in [-0.25, -0.2) is 4.68 Å². The van der Waals surface area contributed by atoms with Gasteiger partial charge in [-0.05, 0) is 18.4 Å². The van der Waals surface area contributed by atoms with Crippen LogP contribution in [0.15, 0.2) is 41.3 Å². The maximum atomic E-state index is 12.5. The number of hydrogen-bond acceptors (Lipinski definition) is 4. The van der Waals surface area contributed by atoms with Crippen LogP contribution in [0.1, 0.15) is 24.8 Å². The van der Waals surface area contributed by atoms with E-state index in [2.05, 4.69) is 10.4 Å². The molecule has 1 aromatic carbocycles. The van der Waals surface area contributed by atoms with E-state index in [9.17, 15) is 9.59 Å². The standard InChI is InChI=1S/C18H19ClN4O2/c19-17-15(21-13-8-16(24)22(11-13)14-6-7-14)9-20-23(18(17)25)10-12-4-2-1-3-5-12/h1-5,9,13-14,21H,6-8,10-11H2. The molecule has 0 radical (unpaired) electrons. The zero-order valence-electron chi connectivity index (χ0n) is 13.7. The van der Waals surface area contributed by atoms with Crippen LogP contribution < -0.4 is 10.9 Å². The number of nitrogens with zero attached hydrogens (tertiary/aromatic N) is 3. The molecule has 1 atom stereocenters. The van der Waals surface area contributed by atoms with Crippen molar-refractivity contribution in [3.63, 3.8) is 0 Å². The van der Waals surface area contributed by atoms with Crippen LogP contribution in [-0.2, 0) is 11.3 Å². The fourth-order valence-electron chi connectivity index (χ4n) is 3.22. The molecule has 1 saturated heterocycles. The lowest BCUT2D eigenvalue weighted by atomic mass is 10.2. The molecule has 2 aliphatic rings. The van der Waals surface area contributed by atoms with Gasteiger partial charge >= 0.3 is 0 Å². The van der Waals surface area contributed by atoms with Gasteiger partial charge in [0.15, 0.2) is 0 Å². The molecular formula is C18H19ClN4O2. The van der Waals surface area contributed by atoms with Gasteiger partial charge in [0.1, 0.15) is 5.02 Å². The number of amides is 1. The van der Waals surface area contributed by atoms with Crippen LogP contribution in [0.5, 0.6) is 0 Å². The smallest absolute Gasteiger partial charge is 0.287 e. The molecule has 1 aliphatic carbocycles. The number of hydrogen-bond donors (Lipinski definition) is 1. The van der Waals surface area contributed by atoms with Gasteiger partial charge < -0.3 is 10.2 Å². The molecule has 1 aromatic heterocycles. The second-order valence-electron chi connectivity index (χ2n) is 6.64. The normalized spacial score (nSPS) is 20.1. The quantitative estimate of drug-likeness (QED) is 0.889. The van der Waals surface area contributed by atoms with E-state index >= 15 is 0 Å². The molecule has 6 nitrogen and oxygen atoms in total. The van der Waals surface area contributed by atoms with Gasteiger partial charge in [0.05, 0.1) is 24.5 Å². The lowest BCUT2D eigenvalue weighted by Gasteiger charge is -2.17. The summed E-state index contributed by atoms with van der Waals surface area (Å²) in [6.07, 6.45) is 4.18. The molecule has 1 N–H and O–H groups in total. The second-order valence-corrected chi connectivity index (χ2v) is 7.02. The molecule has 2 fully saturated rings. The summed E-state index contributed by atoms with van der Waals surface area (Å²) >= 11 is 6.26. The summed E-state index contributed by atoms with van der Waals surface area (Å²) in [6.45, 7) is 1.03. The maximum absolute atomic E-state index is 12.5. The van der Waals surface area contributed by atoms with Gasteiger partial charge in [-0.2, -0.15) is 5.10 Å². The van der Waals surface area contributed by atoms with Crippen LogP contribution in [0, 0.1) is 0 Å². The van der Waals surface area contributed by atoms with E-state index in [0.29, 0.717) is 31.2 Å². The summed E-state index contributed by atoms with van der Waals surface area (Å²) in [6, 6.07) is 10.0. The highest BCUT2D eigenvalue weighted by molar-refractivity contribution is 6.32. The summed E-state index contributed by atoms with van der Waals surface area (Å²) in [5.41, 5.74) is 1.14. The van der Waals surface area contributed by atoms with Gasteiger partial charge in [0.25, 0.3) is 5.56 Å². The van der Waals surface area contributed by atoms with Crippen LogP contribution in [0.3, 0.4) is 0 Å². The first-order valence-electron chi connectivity index (χ1n) is 8.47. The zero-order chi connectivity index (χ0) is 17.4. The minimum atomic E-state index is -0.334. The van der Waals surface area contributed by atoms with Crippen molar-refractivity contribution >= 4 is 23.2 Å². The molecule has 2 heterocycles. The lowest BCUT2D eigenvalue weighted by Crippen LogP contribution is -2.31. The van der Waals surface area contributed by atoms with Crippen LogP contribution in [0.4, 0.5) is 5.69 Å². The predicted octanol–water partition coefficient (Wildman–Crippen LogP) is 2.12. The molecule has 0 spiro atoms. The zero-order valence-corrected chi connectivity index (χ0v) is 14.4. The van der Waals surface area contributed by atoms with Crippen molar-refractivity contribution in [3.8, 4) is 0 Å². The van der Waals surface area contributed by atoms with E-state index in [1.165, 1.54) is 4.68 Å². The molecule has 1 amide bonds. The van der Waals surface area contributed by atoms with Crippen molar-refractivity contribution in [2.45, 2.75) is 37.9 Å². The van der Waals surface area contributed by atoms with Crippen molar-refractivity contribution < 1.29 is 4.79 Å². The maximum Gasteiger partial charge on any atom is 0.287 e. The Morgan fingerprint density at radius 1 is 1.20 bits per heavy atom. The minimum Gasteiger partial charge on any atom is -0.377 e. The van der Waals surface area contributed by atoms with E-state index in [-0.39, 0.29) is 22.5 Å². The van der Waals surface area contributed by atoms with Gasteiger partial charge in [-0.15, -0.1) is 0 Å². The first kappa shape index (κ1) is 16.1. The van der Waals surface area contributed by atoms with Crippen molar-refractivity contribution in [2.75, 3.05) is 11.9 Å². The van der Waals surface area contributed by atoms with Crippen molar-refractivity contribution in [2.24, 2.45) is 0 Å². The van der Waals surface area contributed by atoms with Gasteiger partial charge in [0, 0.05) is 19.0 Å². The van der Waals surface area contributed by atoms with Crippen LogP contribution in [0.25, 0.3) is 0 Å². The molecule has 1 saturated carbocycles. The minimum absolute atomic E-state index is 0.0308. The number of anilines is 1. The summed E-state index contributed by atoms with van der Waals surface area (Å²) in [5, 5.41) is 7.55. The average Bonchev–Trinajstić information content (AvgIpc) is 3.39. The topological polar surface area (TPSA) is 67.2 Å². The molecule has 130 valence electrons. The van der Waals surface area contributed by atoms with Crippen LogP contribution in [-0.4, -0.2) is 39.2 Å². The Labute approximate surface area is 150 Å². The second kappa shape index (κ2) is 6.52. The molecule has 2 aromatic rings. The van der Waals surface area contributed by atoms with Crippen molar-refractivity contribution in [1.82, 2.24) is 14.7 Å². The van der Waals surface area contributed by atoms with E-state index in [0.717, 1.165) is 18.4 Å². The Hall–Kier alpha value is -2.34. The highest BCUT2D eigenvalue weighted by Crippen LogP contribution is 2.31. The molecular weight excluding hydrogens is 340 g/mol. The molecule has 0 bridgehead atoms. The lowest BCUT2D eigenvalue weighted by molar-refractivity contribution is -0.128. The predicted molar refractivity (Wildman–Crippen MR) is 95.8 cm³/mol. The van der Waals surface area contributed by atoms with Crippen molar-refractivity contribution in [1.29, 1.82) is 0 Å². The molecule has 4 rings (SSSR count). The van der Waals surface area contributed by atoms with Crippen LogP contribution in [0.2, 0.25) is 5.02 Å². The number of halogens is 1. The third-order valence-corrected chi connectivity index (χ3v) is 5.03. The summed E-state index contributed by atoms with van der Waals surface area (Å²) < 4.78 is 1.35. The number of nitrogens with one attached hydrogen (secondary N) is 1. The van der Waals surface area contributed by atoms with E-state index < -0.39 is 0 Å². The monoisotopic (exact) mass is 358 g/mol.